The molecule has 0 saturated heterocycles. The number of ketones is 1. The first kappa shape index (κ1) is 9.93. The second kappa shape index (κ2) is 3.87. The Morgan fingerprint density at radius 2 is 1.87 bits per heavy atom. The number of hydrogen-bond donors (Lipinski definition) is 1. The number of benzene rings is 1. The van der Waals surface area contributed by atoms with Crippen molar-refractivity contribution in [1.29, 1.82) is 0 Å². The summed E-state index contributed by atoms with van der Waals surface area (Å²) in [5.74, 6) is 0.0550. The van der Waals surface area contributed by atoms with Crippen molar-refractivity contribution in [2.45, 2.75) is 6.92 Å². The van der Waals surface area contributed by atoms with E-state index in [0.29, 0.717) is 11.3 Å². The van der Waals surface area contributed by atoms with Crippen LogP contribution in [0.25, 0.3) is 0 Å². The van der Waals surface area contributed by atoms with Gasteiger partial charge in [0, 0.05) is 27.1 Å². The topological polar surface area (TPSA) is 43.1 Å². The number of hydrogen-bond acceptors (Lipinski definition) is 3. The molecule has 1 aromatic carbocycles. The SMILES string of the molecule is Cc1cc(C(=O)c2ccc(N)cc2)cs1. The van der Waals surface area contributed by atoms with Crippen LogP contribution in [0.15, 0.2) is 35.7 Å². The molecule has 0 aliphatic rings. The van der Waals surface area contributed by atoms with Gasteiger partial charge in [-0.1, -0.05) is 0 Å². The molecule has 0 spiro atoms. The molecule has 76 valence electrons. The summed E-state index contributed by atoms with van der Waals surface area (Å²) < 4.78 is 0. The fourth-order valence-electron chi connectivity index (χ4n) is 1.36. The fourth-order valence-corrected chi connectivity index (χ4v) is 2.05. The zero-order chi connectivity index (χ0) is 10.8. The number of carbonyl (C=O) groups is 1. The van der Waals surface area contributed by atoms with Gasteiger partial charge in [0.2, 0.25) is 0 Å². The van der Waals surface area contributed by atoms with Gasteiger partial charge in [-0.2, -0.15) is 0 Å². The highest BCUT2D eigenvalue weighted by Gasteiger charge is 2.09. The Bertz CT molecular complexity index is 485. The van der Waals surface area contributed by atoms with Gasteiger partial charge in [-0.15, -0.1) is 11.3 Å². The first-order chi connectivity index (χ1) is 7.16. The summed E-state index contributed by atoms with van der Waals surface area (Å²) >= 11 is 1.59. The number of rotatable bonds is 2. The lowest BCUT2D eigenvalue weighted by molar-refractivity contribution is 0.103. The standard InChI is InChI=1S/C12H11NOS/c1-8-6-10(7-15-8)12(14)9-2-4-11(13)5-3-9/h2-7H,13H2,1H3. The van der Waals surface area contributed by atoms with Crippen molar-refractivity contribution >= 4 is 22.8 Å². The monoisotopic (exact) mass is 217 g/mol. The van der Waals surface area contributed by atoms with Crippen molar-refractivity contribution in [3.63, 3.8) is 0 Å². The van der Waals surface area contributed by atoms with Crippen LogP contribution >= 0.6 is 11.3 Å². The molecule has 0 amide bonds. The minimum Gasteiger partial charge on any atom is -0.399 e. The summed E-state index contributed by atoms with van der Waals surface area (Å²) in [5.41, 5.74) is 7.67. The van der Waals surface area contributed by atoms with E-state index in [-0.39, 0.29) is 5.78 Å². The molecule has 0 atom stereocenters. The zero-order valence-corrected chi connectivity index (χ0v) is 9.17. The third kappa shape index (κ3) is 2.07. The van der Waals surface area contributed by atoms with E-state index in [1.807, 2.05) is 18.4 Å². The van der Waals surface area contributed by atoms with E-state index in [1.165, 1.54) is 0 Å². The van der Waals surface area contributed by atoms with E-state index >= 15 is 0 Å². The maximum atomic E-state index is 11.9. The van der Waals surface area contributed by atoms with Crippen molar-refractivity contribution in [2.75, 3.05) is 5.73 Å². The summed E-state index contributed by atoms with van der Waals surface area (Å²) in [4.78, 5) is 13.1. The van der Waals surface area contributed by atoms with Crippen molar-refractivity contribution in [3.8, 4) is 0 Å². The number of anilines is 1. The maximum absolute atomic E-state index is 11.9. The first-order valence-corrected chi connectivity index (χ1v) is 5.50. The lowest BCUT2D eigenvalue weighted by Gasteiger charge is -1.98. The molecule has 0 aliphatic carbocycles. The highest BCUT2D eigenvalue weighted by Crippen LogP contribution is 2.17. The molecular formula is C12H11NOS. The Labute approximate surface area is 92.4 Å². The van der Waals surface area contributed by atoms with Gasteiger partial charge in [-0.05, 0) is 37.3 Å². The van der Waals surface area contributed by atoms with Crippen LogP contribution in [0.3, 0.4) is 0 Å². The molecule has 15 heavy (non-hydrogen) atoms. The van der Waals surface area contributed by atoms with Crippen LogP contribution in [0.1, 0.15) is 20.8 Å². The van der Waals surface area contributed by atoms with Gasteiger partial charge in [0.05, 0.1) is 0 Å². The molecule has 0 unspecified atom stereocenters. The average Bonchev–Trinajstić information content (AvgIpc) is 2.65. The molecule has 2 N–H and O–H groups in total. The summed E-state index contributed by atoms with van der Waals surface area (Å²) in [7, 11) is 0. The Hall–Kier alpha value is -1.61. The van der Waals surface area contributed by atoms with E-state index in [0.717, 1.165) is 10.4 Å². The molecule has 0 saturated carbocycles. The van der Waals surface area contributed by atoms with E-state index in [1.54, 1.807) is 35.6 Å². The van der Waals surface area contributed by atoms with Crippen molar-refractivity contribution in [1.82, 2.24) is 0 Å². The molecule has 3 heteroatoms. The molecule has 2 nitrogen and oxygen atoms in total. The van der Waals surface area contributed by atoms with Crippen LogP contribution in [0.5, 0.6) is 0 Å². The van der Waals surface area contributed by atoms with Crippen LogP contribution in [0.4, 0.5) is 5.69 Å². The number of nitrogens with two attached hydrogens (primary N) is 1. The van der Waals surface area contributed by atoms with E-state index in [2.05, 4.69) is 0 Å². The van der Waals surface area contributed by atoms with Gasteiger partial charge < -0.3 is 5.73 Å². The number of nitrogen functional groups attached to an aromatic ring is 1. The Morgan fingerprint density at radius 1 is 1.20 bits per heavy atom. The smallest absolute Gasteiger partial charge is 0.193 e. The molecule has 2 rings (SSSR count). The van der Waals surface area contributed by atoms with Crippen LogP contribution in [0.2, 0.25) is 0 Å². The van der Waals surface area contributed by atoms with E-state index in [9.17, 15) is 4.79 Å². The second-order valence-electron chi connectivity index (χ2n) is 3.40. The molecule has 0 fully saturated rings. The zero-order valence-electron chi connectivity index (χ0n) is 8.36. The molecule has 0 radical (unpaired) electrons. The largest absolute Gasteiger partial charge is 0.399 e. The van der Waals surface area contributed by atoms with Crippen LogP contribution in [-0.4, -0.2) is 5.78 Å². The molecule has 1 heterocycles. The second-order valence-corrected chi connectivity index (χ2v) is 4.51. The van der Waals surface area contributed by atoms with E-state index in [4.69, 9.17) is 5.73 Å². The molecule has 0 aliphatic heterocycles. The minimum atomic E-state index is 0.0550. The van der Waals surface area contributed by atoms with Gasteiger partial charge in [-0.25, -0.2) is 0 Å². The number of carbonyl (C=O) groups excluding carboxylic acids is 1. The van der Waals surface area contributed by atoms with E-state index < -0.39 is 0 Å². The molecule has 0 bridgehead atoms. The Balaban J connectivity index is 2.32. The quantitative estimate of drug-likeness (QED) is 0.621. The lowest BCUT2D eigenvalue weighted by atomic mass is 10.1. The van der Waals surface area contributed by atoms with Crippen molar-refractivity contribution < 1.29 is 4.79 Å². The fraction of sp³-hybridized carbons (Fsp3) is 0.0833. The van der Waals surface area contributed by atoms with Crippen LogP contribution < -0.4 is 5.73 Å². The van der Waals surface area contributed by atoms with Gasteiger partial charge >= 0.3 is 0 Å². The highest BCUT2D eigenvalue weighted by molar-refractivity contribution is 7.10. The Morgan fingerprint density at radius 3 is 2.40 bits per heavy atom. The number of aryl methyl sites for hydroxylation is 1. The van der Waals surface area contributed by atoms with Crippen LogP contribution in [-0.2, 0) is 0 Å². The predicted octanol–water partition coefficient (Wildman–Crippen LogP) is 2.87. The number of thiophene rings is 1. The third-order valence-electron chi connectivity index (χ3n) is 2.17. The summed E-state index contributed by atoms with van der Waals surface area (Å²) in [6.45, 7) is 1.99. The van der Waals surface area contributed by atoms with Crippen LogP contribution in [0, 0.1) is 6.92 Å². The highest BCUT2D eigenvalue weighted by atomic mass is 32.1. The van der Waals surface area contributed by atoms with Crippen molar-refractivity contribution in [2.24, 2.45) is 0 Å². The molecular weight excluding hydrogens is 206 g/mol. The summed E-state index contributed by atoms with van der Waals surface area (Å²) in [6, 6.07) is 8.90. The maximum Gasteiger partial charge on any atom is 0.193 e. The van der Waals surface area contributed by atoms with Gasteiger partial charge in [0.25, 0.3) is 0 Å². The van der Waals surface area contributed by atoms with Gasteiger partial charge in [0.15, 0.2) is 5.78 Å². The van der Waals surface area contributed by atoms with Crippen molar-refractivity contribution in [3.05, 3.63) is 51.7 Å². The first-order valence-electron chi connectivity index (χ1n) is 4.62. The molecule has 1 aromatic heterocycles. The van der Waals surface area contributed by atoms with Gasteiger partial charge in [0.1, 0.15) is 0 Å². The Kier molecular flexibility index (Phi) is 2.56. The normalized spacial score (nSPS) is 10.2. The van der Waals surface area contributed by atoms with Gasteiger partial charge in [-0.3, -0.25) is 4.79 Å². The third-order valence-corrected chi connectivity index (χ3v) is 3.03. The summed E-state index contributed by atoms with van der Waals surface area (Å²) in [5, 5.41) is 1.88. The summed E-state index contributed by atoms with van der Waals surface area (Å²) in [6.07, 6.45) is 0. The minimum absolute atomic E-state index is 0.0550. The lowest BCUT2D eigenvalue weighted by Crippen LogP contribution is -1.99. The average molecular weight is 217 g/mol. The molecule has 2 aromatic rings. The predicted molar refractivity (Wildman–Crippen MR) is 63.3 cm³/mol.